The van der Waals surface area contributed by atoms with E-state index >= 15 is 0 Å². The Balaban J connectivity index is 1.39. The van der Waals surface area contributed by atoms with Crippen molar-refractivity contribution in [1.82, 2.24) is 0 Å². The lowest BCUT2D eigenvalue weighted by atomic mass is 9.78. The third-order valence-electron chi connectivity index (χ3n) is 5.42. The number of halogens is 1. The number of benzene rings is 3. The number of hydrogen-bond donors (Lipinski definition) is 0. The molecule has 4 rings (SSSR count). The van der Waals surface area contributed by atoms with Gasteiger partial charge in [0.15, 0.2) is 11.5 Å². The van der Waals surface area contributed by atoms with Gasteiger partial charge in [-0.15, -0.1) is 6.42 Å². The lowest BCUT2D eigenvalue weighted by Gasteiger charge is -2.24. The molecule has 0 saturated carbocycles. The van der Waals surface area contributed by atoms with Gasteiger partial charge >= 0.3 is 0 Å². The Morgan fingerprint density at radius 1 is 1.00 bits per heavy atom. The highest BCUT2D eigenvalue weighted by molar-refractivity contribution is 6.30. The van der Waals surface area contributed by atoms with E-state index in [4.69, 9.17) is 32.2 Å². The van der Waals surface area contributed by atoms with Gasteiger partial charge in [-0.1, -0.05) is 35.7 Å². The second kappa shape index (κ2) is 8.73. The van der Waals surface area contributed by atoms with Crippen molar-refractivity contribution in [3.63, 3.8) is 0 Å². The summed E-state index contributed by atoms with van der Waals surface area (Å²) < 4.78 is 16.9. The first-order chi connectivity index (χ1) is 14.6. The fraction of sp³-hybridized carbons (Fsp3) is 0.231. The van der Waals surface area contributed by atoms with Gasteiger partial charge in [0.25, 0.3) is 0 Å². The molecule has 3 aromatic carbocycles. The molecular formula is C26H23ClO3. The fourth-order valence-electron chi connectivity index (χ4n) is 3.59. The van der Waals surface area contributed by atoms with Crippen LogP contribution in [-0.4, -0.2) is 6.79 Å². The molecule has 1 unspecified atom stereocenters. The van der Waals surface area contributed by atoms with Gasteiger partial charge in [-0.25, -0.2) is 0 Å². The molecule has 3 nitrogen and oxygen atoms in total. The molecule has 1 aliphatic heterocycles. The molecule has 1 heterocycles. The molecule has 3 aromatic rings. The molecule has 4 heteroatoms. The van der Waals surface area contributed by atoms with E-state index in [-0.39, 0.29) is 12.2 Å². The standard InChI is InChI=1S/C26H23ClO3/c1-3-26(2,20-9-14-24-25(17-20)29-18-28-24)15-5-7-19-6-4-8-23(16-19)30-22-12-10-21(27)11-13-22/h1,4,6,8-14,16-17H,5,7,15,18H2,2H3. The van der Waals surface area contributed by atoms with Gasteiger partial charge in [0.2, 0.25) is 6.79 Å². The van der Waals surface area contributed by atoms with E-state index in [0.29, 0.717) is 5.02 Å². The quantitative estimate of drug-likeness (QED) is 0.396. The Morgan fingerprint density at radius 2 is 1.80 bits per heavy atom. The monoisotopic (exact) mass is 418 g/mol. The fourth-order valence-corrected chi connectivity index (χ4v) is 3.71. The molecule has 152 valence electrons. The molecule has 0 aromatic heterocycles. The minimum atomic E-state index is -0.363. The van der Waals surface area contributed by atoms with Gasteiger partial charge in [0, 0.05) is 5.02 Å². The second-order valence-electron chi connectivity index (χ2n) is 7.60. The molecule has 0 amide bonds. The summed E-state index contributed by atoms with van der Waals surface area (Å²) >= 11 is 5.93. The molecule has 1 aliphatic rings. The first kappa shape index (κ1) is 20.2. The minimum absolute atomic E-state index is 0.264. The molecule has 0 fully saturated rings. The maximum Gasteiger partial charge on any atom is 0.231 e. The number of terminal acetylenes is 1. The van der Waals surface area contributed by atoms with Crippen molar-refractivity contribution in [1.29, 1.82) is 0 Å². The van der Waals surface area contributed by atoms with Crippen molar-refractivity contribution < 1.29 is 14.2 Å². The van der Waals surface area contributed by atoms with Crippen LogP contribution >= 0.6 is 11.6 Å². The van der Waals surface area contributed by atoms with Crippen LogP contribution in [0.15, 0.2) is 66.7 Å². The predicted molar refractivity (Wildman–Crippen MR) is 120 cm³/mol. The van der Waals surface area contributed by atoms with Crippen LogP contribution in [-0.2, 0) is 11.8 Å². The van der Waals surface area contributed by atoms with Crippen molar-refractivity contribution in [2.75, 3.05) is 6.79 Å². The van der Waals surface area contributed by atoms with Gasteiger partial charge in [0.05, 0.1) is 5.41 Å². The molecule has 0 spiro atoms. The van der Waals surface area contributed by atoms with E-state index in [1.165, 1.54) is 5.56 Å². The molecule has 0 radical (unpaired) electrons. The third kappa shape index (κ3) is 4.56. The highest BCUT2D eigenvalue weighted by Crippen LogP contribution is 2.38. The Morgan fingerprint density at radius 3 is 2.60 bits per heavy atom. The van der Waals surface area contributed by atoms with E-state index in [0.717, 1.165) is 47.8 Å². The summed E-state index contributed by atoms with van der Waals surface area (Å²) in [7, 11) is 0. The van der Waals surface area contributed by atoms with Crippen molar-refractivity contribution >= 4 is 11.6 Å². The SMILES string of the molecule is C#CC(C)(CCCc1cccc(Oc2ccc(Cl)cc2)c1)c1ccc2c(c1)OCO2. The van der Waals surface area contributed by atoms with E-state index in [1.54, 1.807) is 0 Å². The van der Waals surface area contributed by atoms with Crippen LogP contribution in [0.1, 0.15) is 30.9 Å². The van der Waals surface area contributed by atoms with Gasteiger partial charge in [0.1, 0.15) is 11.5 Å². The predicted octanol–water partition coefficient (Wildman–Crippen LogP) is 6.77. The van der Waals surface area contributed by atoms with Crippen molar-refractivity contribution in [2.24, 2.45) is 0 Å². The zero-order valence-corrected chi connectivity index (χ0v) is 17.6. The first-order valence-corrected chi connectivity index (χ1v) is 10.3. The largest absolute Gasteiger partial charge is 0.457 e. The molecule has 0 saturated heterocycles. The normalized spacial score (nSPS) is 14.0. The van der Waals surface area contributed by atoms with E-state index in [2.05, 4.69) is 25.0 Å². The van der Waals surface area contributed by atoms with Crippen LogP contribution in [0.5, 0.6) is 23.0 Å². The number of ether oxygens (including phenoxy) is 3. The van der Waals surface area contributed by atoms with Gasteiger partial charge in [-0.3, -0.25) is 0 Å². The van der Waals surface area contributed by atoms with Gasteiger partial charge < -0.3 is 14.2 Å². The van der Waals surface area contributed by atoms with Crippen LogP contribution in [0.3, 0.4) is 0 Å². The topological polar surface area (TPSA) is 27.7 Å². The number of aryl methyl sites for hydroxylation is 1. The van der Waals surface area contributed by atoms with E-state index in [9.17, 15) is 0 Å². The van der Waals surface area contributed by atoms with Crippen LogP contribution in [0, 0.1) is 12.3 Å². The maximum absolute atomic E-state index is 5.94. The number of hydrogen-bond acceptors (Lipinski definition) is 3. The highest BCUT2D eigenvalue weighted by atomic mass is 35.5. The summed E-state index contributed by atoms with van der Waals surface area (Å²) in [5.41, 5.74) is 1.93. The minimum Gasteiger partial charge on any atom is -0.457 e. The molecule has 0 N–H and O–H groups in total. The lowest BCUT2D eigenvalue weighted by molar-refractivity contribution is 0.174. The van der Waals surface area contributed by atoms with Crippen molar-refractivity contribution in [2.45, 2.75) is 31.6 Å². The Labute approximate surface area is 182 Å². The van der Waals surface area contributed by atoms with Gasteiger partial charge in [-0.05, 0) is 85.8 Å². The summed E-state index contributed by atoms with van der Waals surface area (Å²) in [5, 5.41) is 0.690. The number of rotatable bonds is 7. The summed E-state index contributed by atoms with van der Waals surface area (Å²) in [4.78, 5) is 0. The molecule has 30 heavy (non-hydrogen) atoms. The average molecular weight is 419 g/mol. The van der Waals surface area contributed by atoms with Crippen LogP contribution in [0.4, 0.5) is 0 Å². The summed E-state index contributed by atoms with van der Waals surface area (Å²) in [6, 6.07) is 21.5. The van der Waals surface area contributed by atoms with Gasteiger partial charge in [-0.2, -0.15) is 0 Å². The lowest BCUT2D eigenvalue weighted by Crippen LogP contribution is -2.19. The second-order valence-corrected chi connectivity index (χ2v) is 8.04. The van der Waals surface area contributed by atoms with E-state index in [1.807, 2.05) is 54.6 Å². The smallest absolute Gasteiger partial charge is 0.231 e. The molecular weight excluding hydrogens is 396 g/mol. The Hall–Kier alpha value is -3.09. The molecule has 1 atom stereocenters. The number of fused-ring (bicyclic) bond motifs is 1. The zero-order chi connectivity index (χ0) is 21.0. The Bertz CT molecular complexity index is 1070. The summed E-state index contributed by atoms with van der Waals surface area (Å²) in [6.07, 6.45) is 8.67. The van der Waals surface area contributed by atoms with Crippen molar-refractivity contribution in [3.05, 3.63) is 82.9 Å². The summed E-state index contributed by atoms with van der Waals surface area (Å²) in [5.74, 6) is 6.10. The van der Waals surface area contributed by atoms with Crippen LogP contribution in [0.25, 0.3) is 0 Å². The van der Waals surface area contributed by atoms with Crippen LogP contribution < -0.4 is 14.2 Å². The first-order valence-electron chi connectivity index (χ1n) is 9.96. The average Bonchev–Trinajstić information content (AvgIpc) is 3.23. The highest BCUT2D eigenvalue weighted by Gasteiger charge is 2.26. The van der Waals surface area contributed by atoms with Crippen LogP contribution in [0.2, 0.25) is 5.02 Å². The third-order valence-corrected chi connectivity index (χ3v) is 5.67. The summed E-state index contributed by atoms with van der Waals surface area (Å²) in [6.45, 7) is 2.37. The van der Waals surface area contributed by atoms with E-state index < -0.39 is 0 Å². The van der Waals surface area contributed by atoms with Crippen molar-refractivity contribution in [3.8, 4) is 35.3 Å². The Kier molecular flexibility index (Phi) is 5.88. The maximum atomic E-state index is 5.94. The molecule has 0 aliphatic carbocycles. The zero-order valence-electron chi connectivity index (χ0n) is 16.9. The molecule has 0 bridgehead atoms.